The molecule has 0 aromatic carbocycles. The number of aromatic nitrogens is 2. The van der Waals surface area contributed by atoms with Crippen molar-refractivity contribution in [1.82, 2.24) is 14.9 Å². The minimum atomic E-state index is -5.80. The number of aromatic amines is 1. The summed E-state index contributed by atoms with van der Waals surface area (Å²) in [5, 5.41) is 0.427. The number of hydrogen-bond donors (Lipinski definition) is 1. The average Bonchev–Trinajstić information content (AvgIpc) is 3.16. The van der Waals surface area contributed by atoms with Crippen LogP contribution in [0, 0.1) is 5.92 Å². The molecule has 188 valence electrons. The normalized spacial score (nSPS) is 24.3. The Balaban J connectivity index is 1.54. The Morgan fingerprint density at radius 1 is 1.32 bits per heavy atom. The number of likely N-dealkylation sites (tertiary alicyclic amines) is 1. The van der Waals surface area contributed by atoms with Crippen LogP contribution in [0.5, 0.6) is 5.75 Å². The standard InChI is InChI=1S/C23H30F3N3O4S/c1-3-5-16-9-15-6-4-7-17(10-15)29(16)21(30)8-14(2)20-13-28-22-19(20)11-18(12-27-22)33-34(31,32)23(24,25)26/h11-17H,3-10H2,1-2H3,(H,27,28). The van der Waals surface area contributed by atoms with E-state index in [0.717, 1.165) is 44.7 Å². The third-order valence-corrected chi connectivity index (χ3v) is 8.08. The highest BCUT2D eigenvalue weighted by Crippen LogP contribution is 2.40. The number of H-pyrrole nitrogens is 1. The zero-order valence-electron chi connectivity index (χ0n) is 19.3. The van der Waals surface area contributed by atoms with Crippen molar-refractivity contribution in [3.63, 3.8) is 0 Å². The van der Waals surface area contributed by atoms with Crippen molar-refractivity contribution in [3.8, 4) is 5.75 Å². The third-order valence-electron chi connectivity index (χ3n) is 7.10. The van der Waals surface area contributed by atoms with E-state index in [0.29, 0.717) is 22.5 Å². The molecule has 3 heterocycles. The van der Waals surface area contributed by atoms with Crippen molar-refractivity contribution in [3.05, 3.63) is 24.0 Å². The summed E-state index contributed by atoms with van der Waals surface area (Å²) in [5.74, 6) is 0.00568. The molecule has 7 nitrogen and oxygen atoms in total. The maximum atomic E-state index is 13.5. The molecule has 2 aliphatic rings. The van der Waals surface area contributed by atoms with Gasteiger partial charge in [0.25, 0.3) is 0 Å². The van der Waals surface area contributed by atoms with Crippen LogP contribution in [0.1, 0.15) is 76.7 Å². The molecule has 1 aliphatic carbocycles. The number of amides is 1. The molecule has 1 aliphatic heterocycles. The smallest absolute Gasteiger partial charge is 0.374 e. The van der Waals surface area contributed by atoms with Gasteiger partial charge in [0.05, 0.1) is 6.20 Å². The van der Waals surface area contributed by atoms with Crippen molar-refractivity contribution >= 4 is 27.1 Å². The number of alkyl halides is 3. The number of nitrogens with one attached hydrogen (secondary N) is 1. The van der Waals surface area contributed by atoms with E-state index in [9.17, 15) is 26.4 Å². The van der Waals surface area contributed by atoms with Gasteiger partial charge in [-0.2, -0.15) is 21.6 Å². The number of pyridine rings is 1. The van der Waals surface area contributed by atoms with Crippen LogP contribution in [-0.4, -0.2) is 46.8 Å². The highest BCUT2D eigenvalue weighted by molar-refractivity contribution is 7.88. The molecular weight excluding hydrogens is 471 g/mol. The monoisotopic (exact) mass is 501 g/mol. The fourth-order valence-corrected chi connectivity index (χ4v) is 6.07. The Morgan fingerprint density at radius 3 is 2.79 bits per heavy atom. The van der Waals surface area contributed by atoms with E-state index in [1.54, 1.807) is 6.20 Å². The van der Waals surface area contributed by atoms with Crippen LogP contribution in [0.3, 0.4) is 0 Å². The lowest BCUT2D eigenvalue weighted by Gasteiger charge is -2.48. The van der Waals surface area contributed by atoms with Gasteiger partial charge < -0.3 is 14.1 Å². The highest BCUT2D eigenvalue weighted by atomic mass is 32.2. The van der Waals surface area contributed by atoms with Crippen molar-refractivity contribution in [2.24, 2.45) is 5.92 Å². The van der Waals surface area contributed by atoms with Gasteiger partial charge in [-0.1, -0.05) is 33.1 Å². The predicted molar refractivity (Wildman–Crippen MR) is 121 cm³/mol. The Hall–Kier alpha value is -2.30. The molecule has 1 saturated heterocycles. The number of hydrogen-bond acceptors (Lipinski definition) is 5. The van der Waals surface area contributed by atoms with Gasteiger partial charge in [0, 0.05) is 30.1 Å². The molecule has 4 rings (SSSR count). The Labute approximate surface area is 197 Å². The lowest BCUT2D eigenvalue weighted by atomic mass is 9.75. The molecule has 2 fully saturated rings. The van der Waals surface area contributed by atoms with Crippen LogP contribution >= 0.6 is 0 Å². The van der Waals surface area contributed by atoms with Crippen molar-refractivity contribution in [2.45, 2.75) is 88.7 Å². The number of piperidine rings is 1. The van der Waals surface area contributed by atoms with Crippen LogP contribution < -0.4 is 4.18 Å². The zero-order chi connectivity index (χ0) is 24.7. The van der Waals surface area contributed by atoms with Crippen LogP contribution in [-0.2, 0) is 14.9 Å². The number of carbonyl (C=O) groups excluding carboxylic acids is 1. The van der Waals surface area contributed by atoms with Crippen molar-refractivity contribution in [2.75, 3.05) is 0 Å². The maximum Gasteiger partial charge on any atom is 0.534 e. The van der Waals surface area contributed by atoms with Crippen LogP contribution in [0.25, 0.3) is 11.0 Å². The fraction of sp³-hybridized carbons (Fsp3) is 0.652. The minimum Gasteiger partial charge on any atom is -0.374 e. The van der Waals surface area contributed by atoms with Crippen molar-refractivity contribution in [1.29, 1.82) is 0 Å². The van der Waals surface area contributed by atoms with Crippen LogP contribution in [0.4, 0.5) is 13.2 Å². The van der Waals surface area contributed by atoms with E-state index in [1.165, 1.54) is 12.5 Å². The maximum absolute atomic E-state index is 13.5. The second kappa shape index (κ2) is 9.39. The van der Waals surface area contributed by atoms with E-state index in [2.05, 4.69) is 26.0 Å². The van der Waals surface area contributed by atoms with Gasteiger partial charge >= 0.3 is 15.6 Å². The molecule has 4 unspecified atom stereocenters. The molecule has 2 aromatic rings. The Bertz CT molecular complexity index is 1150. The SMILES string of the molecule is CCCC1CC2CCCC(C2)N1C(=O)CC(C)c1c[nH]c2ncc(OS(=O)(=O)C(F)(F)F)cc12. The summed E-state index contributed by atoms with van der Waals surface area (Å²) in [5.41, 5.74) is -4.48. The summed E-state index contributed by atoms with van der Waals surface area (Å²) in [6, 6.07) is 1.75. The van der Waals surface area contributed by atoms with E-state index in [4.69, 9.17) is 0 Å². The fourth-order valence-electron chi connectivity index (χ4n) is 5.63. The van der Waals surface area contributed by atoms with Gasteiger partial charge in [-0.05, 0) is 49.1 Å². The number of halogens is 3. The molecule has 2 aromatic heterocycles. The lowest BCUT2D eigenvalue weighted by Crippen LogP contribution is -2.53. The number of carbonyl (C=O) groups is 1. The van der Waals surface area contributed by atoms with Crippen LogP contribution in [0.15, 0.2) is 18.5 Å². The summed E-state index contributed by atoms with van der Waals surface area (Å²) in [6.07, 6.45) is 10.4. The highest BCUT2D eigenvalue weighted by Gasteiger charge is 2.48. The van der Waals surface area contributed by atoms with E-state index < -0.39 is 21.4 Å². The summed E-state index contributed by atoms with van der Waals surface area (Å²) in [4.78, 5) is 22.5. The van der Waals surface area contributed by atoms with Gasteiger partial charge in [-0.3, -0.25) is 4.79 Å². The first kappa shape index (κ1) is 24.8. The Morgan fingerprint density at radius 2 is 2.09 bits per heavy atom. The van der Waals surface area contributed by atoms with E-state index in [1.807, 2.05) is 6.92 Å². The summed E-state index contributed by atoms with van der Waals surface area (Å²) in [6.45, 7) is 4.01. The van der Waals surface area contributed by atoms with Crippen LogP contribution in [0.2, 0.25) is 0 Å². The predicted octanol–water partition coefficient (Wildman–Crippen LogP) is 5.24. The van der Waals surface area contributed by atoms with Gasteiger partial charge in [0.15, 0.2) is 5.75 Å². The number of rotatable bonds is 7. The van der Waals surface area contributed by atoms with Gasteiger partial charge in [-0.15, -0.1) is 0 Å². The second-order valence-corrected chi connectivity index (χ2v) is 11.1. The molecule has 2 bridgehead atoms. The molecule has 0 spiro atoms. The quantitative estimate of drug-likeness (QED) is 0.414. The van der Waals surface area contributed by atoms with E-state index >= 15 is 0 Å². The van der Waals surface area contributed by atoms with Gasteiger partial charge in [0.1, 0.15) is 5.65 Å². The topological polar surface area (TPSA) is 92.4 Å². The molecule has 1 saturated carbocycles. The number of fused-ring (bicyclic) bond motifs is 3. The first-order chi connectivity index (χ1) is 16.0. The molecule has 1 amide bonds. The molecular formula is C23H30F3N3O4S. The average molecular weight is 502 g/mol. The third kappa shape index (κ3) is 4.89. The number of nitrogens with zero attached hydrogens (tertiary/aromatic N) is 2. The Kier molecular flexibility index (Phi) is 6.85. The molecule has 1 N–H and O–H groups in total. The summed E-state index contributed by atoms with van der Waals surface area (Å²) < 4.78 is 65.1. The first-order valence-corrected chi connectivity index (χ1v) is 13.2. The summed E-state index contributed by atoms with van der Waals surface area (Å²) >= 11 is 0. The molecule has 0 radical (unpaired) electrons. The summed E-state index contributed by atoms with van der Waals surface area (Å²) in [7, 11) is -5.80. The minimum absolute atomic E-state index is 0.0886. The molecule has 34 heavy (non-hydrogen) atoms. The lowest BCUT2D eigenvalue weighted by molar-refractivity contribution is -0.141. The molecule has 11 heteroatoms. The van der Waals surface area contributed by atoms with E-state index in [-0.39, 0.29) is 30.3 Å². The second-order valence-electron chi connectivity index (χ2n) is 9.57. The zero-order valence-corrected chi connectivity index (χ0v) is 20.1. The first-order valence-electron chi connectivity index (χ1n) is 11.8. The van der Waals surface area contributed by atoms with Gasteiger partial charge in [-0.25, -0.2) is 4.98 Å². The largest absolute Gasteiger partial charge is 0.534 e. The van der Waals surface area contributed by atoms with Crippen molar-refractivity contribution < 1.29 is 30.6 Å². The van der Waals surface area contributed by atoms with Gasteiger partial charge in [0.2, 0.25) is 5.91 Å². The molecule has 4 atom stereocenters.